The molecule has 8 rings (SSSR count). The van der Waals surface area contributed by atoms with Gasteiger partial charge in [-0.2, -0.15) is 0 Å². The standard InChI is InChI=1S/C30H40N2O2/c1-27-11-4-12-29-24(27)9-13-28-16-22(18-34-23-7-5-20(6-8-23)10-14-32(2)3)21(15-25(28)29)17-30(28,33)26(29)31-19-27/h5-8,16,19,21,24-26,33H,4,9-15,17-18H2,1-3H3. The molecule has 6 aliphatic carbocycles. The summed E-state index contributed by atoms with van der Waals surface area (Å²) in [6, 6.07) is 8.76. The van der Waals surface area contributed by atoms with Gasteiger partial charge >= 0.3 is 0 Å². The van der Waals surface area contributed by atoms with Crippen molar-refractivity contribution in [1.82, 2.24) is 4.90 Å². The number of aliphatic imine (C=N–C) groups is 1. The molecule has 4 saturated carbocycles. The van der Waals surface area contributed by atoms with Crippen LogP contribution in [0.3, 0.4) is 0 Å². The Morgan fingerprint density at radius 2 is 1.94 bits per heavy atom. The molecule has 2 spiro atoms. The molecule has 8 unspecified atom stereocenters. The zero-order chi connectivity index (χ0) is 23.3. The lowest BCUT2D eigenvalue weighted by atomic mass is 9.41. The second-order valence-electron chi connectivity index (χ2n) is 13.1. The normalized spacial score (nSPS) is 47.1. The van der Waals surface area contributed by atoms with Gasteiger partial charge in [-0.05, 0) is 100 Å². The molecule has 8 atom stereocenters. The van der Waals surface area contributed by atoms with Gasteiger partial charge in [0.25, 0.3) is 0 Å². The number of aliphatic hydroxyl groups is 1. The second kappa shape index (κ2) is 6.97. The van der Waals surface area contributed by atoms with Gasteiger partial charge in [0.1, 0.15) is 12.4 Å². The molecule has 1 aromatic rings. The Bertz CT molecular complexity index is 1060. The van der Waals surface area contributed by atoms with Crippen molar-refractivity contribution in [2.75, 3.05) is 27.2 Å². The van der Waals surface area contributed by atoms with Crippen LogP contribution >= 0.6 is 0 Å². The summed E-state index contributed by atoms with van der Waals surface area (Å²) < 4.78 is 6.33. The fourth-order valence-electron chi connectivity index (χ4n) is 10.1. The fourth-order valence-corrected chi connectivity index (χ4v) is 10.1. The first kappa shape index (κ1) is 21.6. The number of ether oxygens (including phenoxy) is 1. The molecular weight excluding hydrogens is 420 g/mol. The van der Waals surface area contributed by atoms with Crippen molar-refractivity contribution in [3.63, 3.8) is 0 Å². The Kier molecular flexibility index (Phi) is 4.43. The van der Waals surface area contributed by atoms with Crippen LogP contribution in [0.15, 0.2) is 40.9 Å². The SMILES string of the molecule is CN(C)CCc1ccc(OCC2=CC34CCC5C6(C)C=NC7C5(CCC6)C3CC2CC74O)cc1. The molecule has 182 valence electrons. The van der Waals surface area contributed by atoms with Gasteiger partial charge in [-0.3, -0.25) is 4.99 Å². The maximum absolute atomic E-state index is 12.4. The molecule has 1 aromatic carbocycles. The lowest BCUT2D eigenvalue weighted by Crippen LogP contribution is -2.59. The highest BCUT2D eigenvalue weighted by molar-refractivity contribution is 5.70. The van der Waals surface area contributed by atoms with Crippen LogP contribution in [0, 0.1) is 34.0 Å². The molecule has 1 N–H and O–H groups in total. The average molecular weight is 461 g/mol. The van der Waals surface area contributed by atoms with E-state index < -0.39 is 5.60 Å². The van der Waals surface area contributed by atoms with Gasteiger partial charge in [-0.25, -0.2) is 0 Å². The summed E-state index contributed by atoms with van der Waals surface area (Å²) in [5, 5.41) is 12.4. The third kappa shape index (κ3) is 2.55. The van der Waals surface area contributed by atoms with Crippen LogP contribution < -0.4 is 4.74 Å². The van der Waals surface area contributed by atoms with Crippen LogP contribution in [-0.2, 0) is 6.42 Å². The molecule has 34 heavy (non-hydrogen) atoms. The Labute approximate surface area is 204 Å². The topological polar surface area (TPSA) is 45.1 Å². The fraction of sp³-hybridized carbons (Fsp3) is 0.700. The van der Waals surface area contributed by atoms with Gasteiger partial charge in [0.15, 0.2) is 0 Å². The molecule has 1 aliphatic heterocycles. The van der Waals surface area contributed by atoms with Crippen LogP contribution in [0.5, 0.6) is 5.75 Å². The minimum Gasteiger partial charge on any atom is -0.489 e. The maximum atomic E-state index is 12.4. The molecule has 7 aliphatic rings. The molecular formula is C30H40N2O2. The minimum absolute atomic E-state index is 0.0857. The van der Waals surface area contributed by atoms with E-state index >= 15 is 0 Å². The van der Waals surface area contributed by atoms with E-state index in [9.17, 15) is 5.11 Å². The van der Waals surface area contributed by atoms with E-state index in [1.165, 1.54) is 43.2 Å². The van der Waals surface area contributed by atoms with Gasteiger partial charge < -0.3 is 14.7 Å². The second-order valence-corrected chi connectivity index (χ2v) is 13.1. The van der Waals surface area contributed by atoms with Crippen LogP contribution in [0.2, 0.25) is 0 Å². The summed E-state index contributed by atoms with van der Waals surface area (Å²) in [7, 11) is 4.23. The van der Waals surface area contributed by atoms with Crippen molar-refractivity contribution in [3.05, 3.63) is 41.5 Å². The lowest BCUT2D eigenvalue weighted by molar-refractivity contribution is -0.133. The minimum atomic E-state index is -0.651. The highest BCUT2D eigenvalue weighted by atomic mass is 16.5. The molecule has 0 saturated heterocycles. The van der Waals surface area contributed by atoms with Gasteiger partial charge in [0, 0.05) is 29.0 Å². The molecule has 1 heterocycles. The lowest BCUT2D eigenvalue weighted by Gasteiger charge is -2.63. The van der Waals surface area contributed by atoms with E-state index in [1.807, 2.05) is 0 Å². The molecule has 4 heteroatoms. The number of nitrogens with zero attached hydrogens (tertiary/aromatic N) is 2. The van der Waals surface area contributed by atoms with Crippen molar-refractivity contribution in [2.24, 2.45) is 39.0 Å². The first-order valence-electron chi connectivity index (χ1n) is 13.7. The third-order valence-electron chi connectivity index (χ3n) is 11.4. The van der Waals surface area contributed by atoms with Crippen molar-refractivity contribution in [1.29, 1.82) is 0 Å². The first-order valence-corrected chi connectivity index (χ1v) is 13.7. The summed E-state index contributed by atoms with van der Waals surface area (Å²) >= 11 is 0. The van der Waals surface area contributed by atoms with Crippen LogP contribution in [-0.4, -0.2) is 55.1 Å². The molecule has 0 aromatic heterocycles. The summed E-state index contributed by atoms with van der Waals surface area (Å²) in [4.78, 5) is 7.44. The molecule has 0 radical (unpaired) electrons. The van der Waals surface area contributed by atoms with Gasteiger partial charge in [0.2, 0.25) is 0 Å². The van der Waals surface area contributed by atoms with Crippen LogP contribution in [0.4, 0.5) is 0 Å². The number of rotatable bonds is 6. The van der Waals surface area contributed by atoms with Crippen molar-refractivity contribution in [2.45, 2.75) is 69.9 Å². The van der Waals surface area contributed by atoms with Crippen molar-refractivity contribution >= 4 is 6.21 Å². The summed E-state index contributed by atoms with van der Waals surface area (Å²) in [6.07, 6.45) is 14.2. The molecule has 4 nitrogen and oxygen atoms in total. The monoisotopic (exact) mass is 460 g/mol. The van der Waals surface area contributed by atoms with Crippen molar-refractivity contribution < 1.29 is 9.84 Å². The largest absolute Gasteiger partial charge is 0.489 e. The Balaban J connectivity index is 1.16. The van der Waals surface area contributed by atoms with E-state index in [1.54, 1.807) is 0 Å². The molecule has 4 fully saturated rings. The highest BCUT2D eigenvalue weighted by Crippen LogP contribution is 2.82. The number of hydrogen-bond acceptors (Lipinski definition) is 4. The van der Waals surface area contributed by atoms with E-state index in [0.29, 0.717) is 24.4 Å². The van der Waals surface area contributed by atoms with E-state index in [-0.39, 0.29) is 22.3 Å². The van der Waals surface area contributed by atoms with Gasteiger partial charge in [0.05, 0.1) is 11.6 Å². The van der Waals surface area contributed by atoms with E-state index in [0.717, 1.165) is 31.6 Å². The summed E-state index contributed by atoms with van der Waals surface area (Å²) in [5.41, 5.74) is 2.54. The van der Waals surface area contributed by atoms with E-state index in [2.05, 4.69) is 62.5 Å². The number of likely N-dealkylation sites (N-methyl/N-ethyl adjacent to an activating group) is 1. The van der Waals surface area contributed by atoms with Crippen molar-refractivity contribution in [3.8, 4) is 5.75 Å². The highest BCUT2D eigenvalue weighted by Gasteiger charge is 2.82. The smallest absolute Gasteiger partial charge is 0.119 e. The Hall–Kier alpha value is -1.65. The number of hydrogen-bond donors (Lipinski definition) is 1. The van der Waals surface area contributed by atoms with Crippen LogP contribution in [0.25, 0.3) is 0 Å². The average Bonchev–Trinajstić information content (AvgIpc) is 2.87. The first-order chi connectivity index (χ1) is 16.3. The zero-order valence-corrected chi connectivity index (χ0v) is 21.1. The van der Waals surface area contributed by atoms with Crippen LogP contribution in [0.1, 0.15) is 57.4 Å². The molecule has 6 bridgehead atoms. The van der Waals surface area contributed by atoms with Gasteiger partial charge in [-0.15, -0.1) is 0 Å². The summed E-state index contributed by atoms with van der Waals surface area (Å²) in [6.45, 7) is 4.18. The Morgan fingerprint density at radius 3 is 2.74 bits per heavy atom. The maximum Gasteiger partial charge on any atom is 0.119 e. The van der Waals surface area contributed by atoms with E-state index in [4.69, 9.17) is 9.73 Å². The summed E-state index contributed by atoms with van der Waals surface area (Å²) in [5.74, 6) is 2.71. The predicted octanol–water partition coefficient (Wildman–Crippen LogP) is 4.91. The van der Waals surface area contributed by atoms with Gasteiger partial charge in [-0.1, -0.05) is 31.6 Å². The Morgan fingerprint density at radius 1 is 1.12 bits per heavy atom. The predicted molar refractivity (Wildman–Crippen MR) is 135 cm³/mol. The quantitative estimate of drug-likeness (QED) is 0.614. The zero-order valence-electron chi connectivity index (χ0n) is 21.1. The molecule has 0 amide bonds. The number of benzene rings is 1. The third-order valence-corrected chi connectivity index (χ3v) is 11.4.